The fraction of sp³-hybridized carbons (Fsp3) is 0.647. The molecule has 4 nitrogen and oxygen atoms in total. The summed E-state index contributed by atoms with van der Waals surface area (Å²) in [5.41, 5.74) is 0.625. The van der Waals surface area contributed by atoms with Crippen molar-refractivity contribution >= 4 is 5.97 Å². The van der Waals surface area contributed by atoms with Crippen molar-refractivity contribution in [1.82, 2.24) is 9.88 Å². The summed E-state index contributed by atoms with van der Waals surface area (Å²) in [6.07, 6.45) is 7.99. The zero-order valence-corrected chi connectivity index (χ0v) is 13.1. The van der Waals surface area contributed by atoms with Crippen molar-refractivity contribution in [1.29, 1.82) is 0 Å². The molecule has 0 spiro atoms. The lowest BCUT2D eigenvalue weighted by Crippen LogP contribution is -2.50. The first kappa shape index (κ1) is 16.0. The molecular weight excluding hydrogens is 264 g/mol. The number of pyridine rings is 1. The second-order valence-corrected chi connectivity index (χ2v) is 6.47. The number of aliphatic carboxylic acids is 1. The van der Waals surface area contributed by atoms with E-state index < -0.39 is 11.4 Å². The molecule has 1 atom stereocenters. The summed E-state index contributed by atoms with van der Waals surface area (Å²) in [4.78, 5) is 18.3. The van der Waals surface area contributed by atoms with E-state index in [9.17, 15) is 9.90 Å². The molecule has 0 bridgehead atoms. The Bertz CT molecular complexity index is 461. The van der Waals surface area contributed by atoms with Crippen LogP contribution in [0.25, 0.3) is 0 Å². The molecule has 1 aromatic heterocycles. The zero-order chi connectivity index (χ0) is 15.3. The van der Waals surface area contributed by atoms with Crippen LogP contribution in [0, 0.1) is 5.41 Å². The molecule has 2 heterocycles. The van der Waals surface area contributed by atoms with E-state index >= 15 is 0 Å². The van der Waals surface area contributed by atoms with Crippen molar-refractivity contribution in [3.05, 3.63) is 30.1 Å². The minimum Gasteiger partial charge on any atom is -0.481 e. The summed E-state index contributed by atoms with van der Waals surface area (Å²) in [6, 6.07) is 4.41. The monoisotopic (exact) mass is 290 g/mol. The molecule has 1 saturated heterocycles. The molecular formula is C17H26N2O2. The largest absolute Gasteiger partial charge is 0.481 e. The second kappa shape index (κ2) is 7.03. The number of aromatic nitrogens is 1. The van der Waals surface area contributed by atoms with Crippen LogP contribution >= 0.6 is 0 Å². The van der Waals surface area contributed by atoms with Crippen LogP contribution in [0.1, 0.15) is 45.1 Å². The molecule has 116 valence electrons. The van der Waals surface area contributed by atoms with E-state index in [0.717, 1.165) is 38.6 Å². The summed E-state index contributed by atoms with van der Waals surface area (Å²) in [5, 5.41) is 9.75. The van der Waals surface area contributed by atoms with E-state index in [1.165, 1.54) is 5.56 Å². The highest BCUT2D eigenvalue weighted by Crippen LogP contribution is 2.36. The fourth-order valence-electron chi connectivity index (χ4n) is 3.27. The molecule has 1 aromatic rings. The average Bonchev–Trinajstić information content (AvgIpc) is 2.48. The lowest BCUT2D eigenvalue weighted by atomic mass is 9.75. The topological polar surface area (TPSA) is 53.4 Å². The standard InChI is InChI=1S/C17H26N2O2/c1-14(2)19-11-5-9-17(13-19,16(20)21)8-3-6-15-7-4-10-18-12-15/h4,7,10,12,14H,3,5-6,8-9,11,13H2,1-2H3,(H,20,21)/t17-/m0/s1. The Hall–Kier alpha value is -1.42. The van der Waals surface area contributed by atoms with E-state index in [1.807, 2.05) is 12.3 Å². The second-order valence-electron chi connectivity index (χ2n) is 6.47. The van der Waals surface area contributed by atoms with E-state index in [4.69, 9.17) is 0 Å². The minimum atomic E-state index is -0.626. The summed E-state index contributed by atoms with van der Waals surface area (Å²) >= 11 is 0. The highest BCUT2D eigenvalue weighted by molar-refractivity contribution is 5.75. The average molecular weight is 290 g/mol. The van der Waals surface area contributed by atoms with Crippen LogP contribution < -0.4 is 0 Å². The normalized spacial score (nSPS) is 23.4. The van der Waals surface area contributed by atoms with Crippen molar-refractivity contribution in [2.45, 2.75) is 52.0 Å². The zero-order valence-electron chi connectivity index (χ0n) is 13.1. The fourth-order valence-corrected chi connectivity index (χ4v) is 3.27. The first-order valence-electron chi connectivity index (χ1n) is 7.90. The lowest BCUT2D eigenvalue weighted by molar-refractivity contribution is -0.153. The lowest BCUT2D eigenvalue weighted by Gasteiger charge is -2.42. The number of rotatable bonds is 6. The number of aryl methyl sites for hydroxylation is 1. The van der Waals surface area contributed by atoms with Gasteiger partial charge >= 0.3 is 5.97 Å². The molecule has 0 amide bonds. The summed E-state index contributed by atoms with van der Waals surface area (Å²) in [5.74, 6) is -0.626. The van der Waals surface area contributed by atoms with Gasteiger partial charge in [0.1, 0.15) is 0 Å². The molecule has 1 N–H and O–H groups in total. The van der Waals surface area contributed by atoms with Gasteiger partial charge in [-0.05, 0) is 64.1 Å². The number of piperidine rings is 1. The highest BCUT2D eigenvalue weighted by Gasteiger charge is 2.42. The summed E-state index contributed by atoms with van der Waals surface area (Å²) < 4.78 is 0. The number of carboxylic acids is 1. The van der Waals surface area contributed by atoms with E-state index in [2.05, 4.69) is 29.8 Å². The van der Waals surface area contributed by atoms with Gasteiger partial charge in [0.2, 0.25) is 0 Å². The van der Waals surface area contributed by atoms with Crippen LogP contribution in [-0.2, 0) is 11.2 Å². The Morgan fingerprint density at radius 2 is 2.33 bits per heavy atom. The SMILES string of the molecule is CC(C)N1CCC[C@](CCCc2cccnc2)(C(=O)O)C1. The van der Waals surface area contributed by atoms with Gasteiger partial charge in [-0.25, -0.2) is 0 Å². The molecule has 0 aromatic carbocycles. The van der Waals surface area contributed by atoms with E-state index in [0.29, 0.717) is 12.6 Å². The van der Waals surface area contributed by atoms with Gasteiger partial charge in [0.25, 0.3) is 0 Å². The Labute approximate surface area is 127 Å². The van der Waals surface area contributed by atoms with Crippen molar-refractivity contribution in [2.75, 3.05) is 13.1 Å². The molecule has 1 aliphatic rings. The van der Waals surface area contributed by atoms with Crippen LogP contribution in [-0.4, -0.2) is 40.1 Å². The maximum atomic E-state index is 11.8. The Morgan fingerprint density at radius 3 is 2.95 bits per heavy atom. The summed E-state index contributed by atoms with van der Waals surface area (Å²) in [7, 11) is 0. The van der Waals surface area contributed by atoms with Gasteiger partial charge in [0, 0.05) is 25.0 Å². The van der Waals surface area contributed by atoms with Crippen LogP contribution in [0.15, 0.2) is 24.5 Å². The third-order valence-corrected chi connectivity index (χ3v) is 4.63. The number of carboxylic acid groups (broad SMARTS) is 1. The van der Waals surface area contributed by atoms with Gasteiger partial charge in [0.05, 0.1) is 5.41 Å². The molecule has 0 aliphatic carbocycles. The predicted octanol–water partition coefficient (Wildman–Crippen LogP) is 2.98. The molecule has 0 unspecified atom stereocenters. The van der Waals surface area contributed by atoms with Crippen LogP contribution in [0.2, 0.25) is 0 Å². The minimum absolute atomic E-state index is 0.419. The van der Waals surface area contributed by atoms with Gasteiger partial charge in [-0.3, -0.25) is 14.7 Å². The third-order valence-electron chi connectivity index (χ3n) is 4.63. The smallest absolute Gasteiger partial charge is 0.310 e. The maximum absolute atomic E-state index is 11.8. The van der Waals surface area contributed by atoms with Gasteiger partial charge in [-0.15, -0.1) is 0 Å². The van der Waals surface area contributed by atoms with Crippen molar-refractivity contribution in [2.24, 2.45) is 5.41 Å². The van der Waals surface area contributed by atoms with Gasteiger partial charge in [0.15, 0.2) is 0 Å². The quantitative estimate of drug-likeness (QED) is 0.875. The predicted molar refractivity (Wildman–Crippen MR) is 83.2 cm³/mol. The third kappa shape index (κ3) is 4.03. The highest BCUT2D eigenvalue weighted by atomic mass is 16.4. The Balaban J connectivity index is 1.97. The van der Waals surface area contributed by atoms with E-state index in [1.54, 1.807) is 6.20 Å². The molecule has 2 rings (SSSR count). The first-order chi connectivity index (χ1) is 10.0. The molecule has 0 saturated carbocycles. The Kier molecular flexibility index (Phi) is 5.34. The number of likely N-dealkylation sites (tertiary alicyclic amines) is 1. The van der Waals surface area contributed by atoms with Crippen LogP contribution in [0.5, 0.6) is 0 Å². The van der Waals surface area contributed by atoms with Crippen molar-refractivity contribution in [3.8, 4) is 0 Å². The van der Waals surface area contributed by atoms with Gasteiger partial charge in [-0.1, -0.05) is 6.07 Å². The number of nitrogens with zero attached hydrogens (tertiary/aromatic N) is 2. The maximum Gasteiger partial charge on any atom is 0.310 e. The van der Waals surface area contributed by atoms with Crippen molar-refractivity contribution in [3.63, 3.8) is 0 Å². The molecule has 21 heavy (non-hydrogen) atoms. The number of hydrogen-bond donors (Lipinski definition) is 1. The summed E-state index contributed by atoms with van der Waals surface area (Å²) in [6.45, 7) is 6.00. The number of carbonyl (C=O) groups is 1. The van der Waals surface area contributed by atoms with Gasteiger partial charge in [-0.2, -0.15) is 0 Å². The molecule has 1 aliphatic heterocycles. The molecule has 0 radical (unpaired) electrons. The number of hydrogen-bond acceptors (Lipinski definition) is 3. The van der Waals surface area contributed by atoms with Crippen LogP contribution in [0.3, 0.4) is 0 Å². The Morgan fingerprint density at radius 1 is 1.52 bits per heavy atom. The van der Waals surface area contributed by atoms with E-state index in [-0.39, 0.29) is 0 Å². The molecule has 4 heteroatoms. The van der Waals surface area contributed by atoms with Crippen molar-refractivity contribution < 1.29 is 9.90 Å². The first-order valence-corrected chi connectivity index (χ1v) is 7.90. The van der Waals surface area contributed by atoms with Gasteiger partial charge < -0.3 is 5.11 Å². The van der Waals surface area contributed by atoms with Crippen LogP contribution in [0.4, 0.5) is 0 Å². The molecule has 1 fully saturated rings.